The van der Waals surface area contributed by atoms with Gasteiger partial charge in [0, 0.05) is 6.61 Å². The van der Waals surface area contributed by atoms with E-state index in [1.807, 2.05) is 0 Å². The van der Waals surface area contributed by atoms with E-state index in [1.165, 1.54) is 6.07 Å². The van der Waals surface area contributed by atoms with Crippen LogP contribution in [-0.2, 0) is 6.42 Å². The molecule has 1 aromatic carbocycles. The first-order chi connectivity index (χ1) is 7.13. The predicted octanol–water partition coefficient (Wildman–Crippen LogP) is 2.26. The van der Waals surface area contributed by atoms with Gasteiger partial charge in [0.1, 0.15) is 5.82 Å². The van der Waals surface area contributed by atoms with E-state index < -0.39 is 6.10 Å². The van der Waals surface area contributed by atoms with Crippen LogP contribution in [0.2, 0.25) is 0 Å². The monoisotopic (exact) mass is 276 g/mol. The lowest BCUT2D eigenvalue weighted by atomic mass is 10.0. The summed E-state index contributed by atoms with van der Waals surface area (Å²) >= 11 is 3.09. The second kappa shape index (κ2) is 6.20. The van der Waals surface area contributed by atoms with Crippen molar-refractivity contribution >= 4 is 15.9 Å². The maximum atomic E-state index is 12.9. The van der Waals surface area contributed by atoms with Crippen molar-refractivity contribution in [3.63, 3.8) is 0 Å². The van der Waals surface area contributed by atoms with Gasteiger partial charge in [0.05, 0.1) is 10.6 Å². The van der Waals surface area contributed by atoms with Crippen LogP contribution in [-0.4, -0.2) is 22.9 Å². The van der Waals surface area contributed by atoms with Crippen LogP contribution in [0.15, 0.2) is 22.7 Å². The Kier molecular flexibility index (Phi) is 5.22. The average Bonchev–Trinajstić information content (AvgIpc) is 2.20. The largest absolute Gasteiger partial charge is 0.396 e. The Morgan fingerprint density at radius 1 is 1.40 bits per heavy atom. The predicted molar refractivity (Wildman–Crippen MR) is 60.1 cm³/mol. The molecule has 0 saturated carbocycles. The molecule has 0 saturated heterocycles. The van der Waals surface area contributed by atoms with Gasteiger partial charge in [0.25, 0.3) is 0 Å². The highest BCUT2D eigenvalue weighted by Crippen LogP contribution is 2.18. The number of rotatable bonds is 5. The van der Waals surface area contributed by atoms with Gasteiger partial charge >= 0.3 is 0 Å². The minimum absolute atomic E-state index is 0.0875. The average molecular weight is 277 g/mol. The van der Waals surface area contributed by atoms with E-state index >= 15 is 0 Å². The van der Waals surface area contributed by atoms with Gasteiger partial charge in [-0.3, -0.25) is 0 Å². The van der Waals surface area contributed by atoms with Crippen molar-refractivity contribution in [1.29, 1.82) is 0 Å². The molecule has 2 N–H and O–H groups in total. The third kappa shape index (κ3) is 4.28. The molecule has 1 unspecified atom stereocenters. The highest BCUT2D eigenvalue weighted by molar-refractivity contribution is 9.10. The Balaban J connectivity index is 2.53. The molecule has 0 aliphatic rings. The summed E-state index contributed by atoms with van der Waals surface area (Å²) in [7, 11) is 0. The van der Waals surface area contributed by atoms with E-state index in [2.05, 4.69) is 15.9 Å². The molecule has 0 spiro atoms. The highest BCUT2D eigenvalue weighted by atomic mass is 79.9. The molecular weight excluding hydrogens is 263 g/mol. The van der Waals surface area contributed by atoms with E-state index in [0.717, 1.165) is 5.56 Å². The minimum atomic E-state index is -0.477. The normalized spacial score (nSPS) is 12.8. The van der Waals surface area contributed by atoms with Gasteiger partial charge in [0.15, 0.2) is 0 Å². The number of benzene rings is 1. The van der Waals surface area contributed by atoms with Gasteiger partial charge in [-0.2, -0.15) is 0 Å². The zero-order valence-corrected chi connectivity index (χ0v) is 9.87. The Bertz CT molecular complexity index is 317. The van der Waals surface area contributed by atoms with Gasteiger partial charge in [-0.15, -0.1) is 0 Å². The molecule has 2 nitrogen and oxygen atoms in total. The van der Waals surface area contributed by atoms with E-state index in [9.17, 15) is 9.50 Å². The first-order valence-corrected chi connectivity index (χ1v) is 5.65. The fourth-order valence-electron chi connectivity index (χ4n) is 1.37. The van der Waals surface area contributed by atoms with Gasteiger partial charge < -0.3 is 10.2 Å². The number of hydrogen-bond acceptors (Lipinski definition) is 2. The van der Waals surface area contributed by atoms with Gasteiger partial charge in [-0.1, -0.05) is 6.07 Å². The SMILES string of the molecule is OCCCC(O)Cc1ccc(F)c(Br)c1. The van der Waals surface area contributed by atoms with Crippen molar-refractivity contribution in [2.24, 2.45) is 0 Å². The third-order valence-corrected chi connectivity index (χ3v) is 2.76. The summed E-state index contributed by atoms with van der Waals surface area (Å²) in [6, 6.07) is 4.69. The molecule has 0 fully saturated rings. The van der Waals surface area contributed by atoms with Crippen molar-refractivity contribution in [3.05, 3.63) is 34.1 Å². The fourth-order valence-corrected chi connectivity index (χ4v) is 1.79. The lowest BCUT2D eigenvalue weighted by Crippen LogP contribution is -2.11. The van der Waals surface area contributed by atoms with Gasteiger partial charge in [-0.05, 0) is 52.9 Å². The fraction of sp³-hybridized carbons (Fsp3) is 0.455. The summed E-state index contributed by atoms with van der Waals surface area (Å²) in [6.07, 6.45) is 1.16. The van der Waals surface area contributed by atoms with E-state index in [-0.39, 0.29) is 12.4 Å². The minimum Gasteiger partial charge on any atom is -0.396 e. The quantitative estimate of drug-likeness (QED) is 0.866. The Morgan fingerprint density at radius 2 is 2.13 bits per heavy atom. The lowest BCUT2D eigenvalue weighted by molar-refractivity contribution is 0.150. The van der Waals surface area contributed by atoms with Crippen LogP contribution in [0.25, 0.3) is 0 Å². The Morgan fingerprint density at radius 3 is 2.73 bits per heavy atom. The molecule has 0 aliphatic heterocycles. The molecule has 0 aliphatic carbocycles. The van der Waals surface area contributed by atoms with E-state index in [1.54, 1.807) is 12.1 Å². The summed E-state index contributed by atoms with van der Waals surface area (Å²) in [5, 5.41) is 18.2. The number of aliphatic hydroxyl groups excluding tert-OH is 2. The molecule has 15 heavy (non-hydrogen) atoms. The molecular formula is C11H14BrFO2. The molecule has 0 radical (unpaired) electrons. The topological polar surface area (TPSA) is 40.5 Å². The van der Waals surface area contributed by atoms with E-state index in [4.69, 9.17) is 5.11 Å². The van der Waals surface area contributed by atoms with Crippen LogP contribution in [0.5, 0.6) is 0 Å². The van der Waals surface area contributed by atoms with Crippen molar-refractivity contribution in [2.75, 3.05) is 6.61 Å². The third-order valence-electron chi connectivity index (χ3n) is 2.15. The first kappa shape index (κ1) is 12.6. The molecule has 0 aromatic heterocycles. The zero-order valence-electron chi connectivity index (χ0n) is 8.29. The molecule has 84 valence electrons. The van der Waals surface area contributed by atoms with Gasteiger partial charge in [-0.25, -0.2) is 4.39 Å². The summed E-state index contributed by atoms with van der Waals surface area (Å²) in [5.41, 5.74) is 0.883. The summed E-state index contributed by atoms with van der Waals surface area (Å²) in [5.74, 6) is -0.302. The maximum absolute atomic E-state index is 12.9. The van der Waals surface area contributed by atoms with Crippen LogP contribution in [0.4, 0.5) is 4.39 Å². The van der Waals surface area contributed by atoms with Crippen molar-refractivity contribution in [2.45, 2.75) is 25.4 Å². The van der Waals surface area contributed by atoms with Crippen molar-refractivity contribution in [3.8, 4) is 0 Å². The Labute approximate surface area is 96.9 Å². The molecule has 4 heteroatoms. The molecule has 1 atom stereocenters. The standard InChI is InChI=1S/C11H14BrFO2/c12-10-7-8(3-4-11(10)13)6-9(15)2-1-5-14/h3-4,7,9,14-15H,1-2,5-6H2. The van der Waals surface area contributed by atoms with Crippen LogP contribution >= 0.6 is 15.9 Å². The summed E-state index contributed by atoms with van der Waals surface area (Å²) in [4.78, 5) is 0. The number of halogens is 2. The molecule has 1 aromatic rings. The molecule has 0 bridgehead atoms. The van der Waals surface area contributed by atoms with Crippen molar-refractivity contribution < 1.29 is 14.6 Å². The van der Waals surface area contributed by atoms with E-state index in [0.29, 0.717) is 23.7 Å². The zero-order chi connectivity index (χ0) is 11.3. The summed E-state index contributed by atoms with van der Waals surface area (Å²) in [6.45, 7) is 0.0875. The first-order valence-electron chi connectivity index (χ1n) is 4.86. The number of aliphatic hydroxyl groups is 2. The van der Waals surface area contributed by atoms with Crippen LogP contribution < -0.4 is 0 Å². The highest BCUT2D eigenvalue weighted by Gasteiger charge is 2.07. The second-order valence-electron chi connectivity index (χ2n) is 3.47. The van der Waals surface area contributed by atoms with Crippen LogP contribution in [0.3, 0.4) is 0 Å². The Hall–Kier alpha value is -0.450. The van der Waals surface area contributed by atoms with Crippen LogP contribution in [0, 0.1) is 5.82 Å². The molecule has 0 amide bonds. The lowest BCUT2D eigenvalue weighted by Gasteiger charge is -2.09. The van der Waals surface area contributed by atoms with Gasteiger partial charge in [0.2, 0.25) is 0 Å². The maximum Gasteiger partial charge on any atom is 0.137 e. The van der Waals surface area contributed by atoms with Crippen molar-refractivity contribution in [1.82, 2.24) is 0 Å². The summed E-state index contributed by atoms with van der Waals surface area (Å²) < 4.78 is 13.3. The molecule has 1 rings (SSSR count). The van der Waals surface area contributed by atoms with Crippen LogP contribution in [0.1, 0.15) is 18.4 Å². The molecule has 0 heterocycles. The number of hydrogen-bond donors (Lipinski definition) is 2. The second-order valence-corrected chi connectivity index (χ2v) is 4.33. The smallest absolute Gasteiger partial charge is 0.137 e.